The average molecular weight is 544 g/mol. The van der Waals surface area contributed by atoms with Gasteiger partial charge in [-0.2, -0.15) is 10.2 Å². The van der Waals surface area contributed by atoms with Gasteiger partial charge in [-0.3, -0.25) is 9.88 Å². The third-order valence-electron chi connectivity index (χ3n) is 8.22. The van der Waals surface area contributed by atoms with E-state index >= 15 is 0 Å². The molecule has 3 saturated heterocycles. The molecule has 0 saturated carbocycles. The number of ether oxygens (including phenoxy) is 2. The predicted octanol–water partition coefficient (Wildman–Crippen LogP) is 1.47. The molecule has 3 aliphatic rings. The monoisotopic (exact) mass is 543 g/mol. The Hall–Kier alpha value is -3.56. The molecule has 11 heteroatoms. The second-order valence-electron chi connectivity index (χ2n) is 11.0. The fraction of sp³-hybridized carbons (Fsp3) is 0.517. The van der Waals surface area contributed by atoms with Crippen LogP contribution in [-0.4, -0.2) is 110 Å². The summed E-state index contributed by atoms with van der Waals surface area (Å²) in [6.07, 6.45) is 3.79. The highest BCUT2D eigenvalue weighted by atomic mass is 16.5. The lowest BCUT2D eigenvalue weighted by Crippen LogP contribution is -2.54. The molecule has 2 N–H and O–H groups in total. The standard InChI is InChI=1S/C29H37N9O2/c1-20-15-37(25-6-5-21(14-30)28-23(25)4-3-8-32-28)17-22(40-20)16-35-10-12-36(13-11-35)27-7-9-33-29(34-27)38-18-24(31)26(19-38)39-2/h3-9,20,22,24,26H,10-13,15-19,31H2,1-2H3/t20-,22+,24+,26+/m1/s1. The van der Waals surface area contributed by atoms with Crippen molar-refractivity contribution >= 4 is 28.4 Å². The van der Waals surface area contributed by atoms with Gasteiger partial charge in [-0.25, -0.2) is 4.98 Å². The van der Waals surface area contributed by atoms with Crippen LogP contribution in [0.1, 0.15) is 12.5 Å². The molecule has 5 heterocycles. The van der Waals surface area contributed by atoms with Crippen molar-refractivity contribution in [3.8, 4) is 6.07 Å². The topological polar surface area (TPSA) is 120 Å². The number of aromatic nitrogens is 3. The molecule has 0 radical (unpaired) electrons. The van der Waals surface area contributed by atoms with Crippen LogP contribution in [-0.2, 0) is 9.47 Å². The van der Waals surface area contributed by atoms with Crippen molar-refractivity contribution in [1.29, 1.82) is 5.26 Å². The number of hydrogen-bond donors (Lipinski definition) is 1. The van der Waals surface area contributed by atoms with E-state index in [1.54, 1.807) is 13.3 Å². The molecule has 0 spiro atoms. The normalized spacial score (nSPS) is 25.9. The molecule has 0 unspecified atom stereocenters. The summed E-state index contributed by atoms with van der Waals surface area (Å²) in [4.78, 5) is 23.2. The van der Waals surface area contributed by atoms with E-state index in [0.29, 0.717) is 24.6 Å². The third kappa shape index (κ3) is 5.40. The van der Waals surface area contributed by atoms with E-state index in [0.717, 1.165) is 68.2 Å². The highest BCUT2D eigenvalue weighted by molar-refractivity contribution is 5.95. The largest absolute Gasteiger partial charge is 0.378 e. The Labute approximate surface area is 235 Å². The van der Waals surface area contributed by atoms with E-state index in [1.807, 2.05) is 24.4 Å². The molecule has 40 heavy (non-hydrogen) atoms. The van der Waals surface area contributed by atoms with Crippen LogP contribution in [0.15, 0.2) is 42.7 Å². The summed E-state index contributed by atoms with van der Waals surface area (Å²) in [6, 6.07) is 12.2. The van der Waals surface area contributed by atoms with Crippen LogP contribution >= 0.6 is 0 Å². The van der Waals surface area contributed by atoms with Crippen molar-refractivity contribution in [2.45, 2.75) is 31.3 Å². The van der Waals surface area contributed by atoms with Crippen molar-refractivity contribution < 1.29 is 9.47 Å². The first-order valence-electron chi connectivity index (χ1n) is 14.0. The Morgan fingerprint density at radius 3 is 2.62 bits per heavy atom. The number of methoxy groups -OCH3 is 1. The molecular formula is C29H37N9O2. The fourth-order valence-corrected chi connectivity index (χ4v) is 6.19. The lowest BCUT2D eigenvalue weighted by atomic mass is 10.1. The molecule has 4 atom stereocenters. The number of anilines is 3. The first-order valence-corrected chi connectivity index (χ1v) is 14.0. The van der Waals surface area contributed by atoms with Crippen molar-refractivity contribution in [3.05, 3.63) is 48.3 Å². The summed E-state index contributed by atoms with van der Waals surface area (Å²) in [5.74, 6) is 1.67. The second kappa shape index (κ2) is 11.5. The second-order valence-corrected chi connectivity index (χ2v) is 11.0. The zero-order valence-corrected chi connectivity index (χ0v) is 23.2. The lowest BCUT2D eigenvalue weighted by molar-refractivity contribution is -0.0327. The average Bonchev–Trinajstić information content (AvgIpc) is 3.37. The van der Waals surface area contributed by atoms with Gasteiger partial charge >= 0.3 is 0 Å². The van der Waals surface area contributed by atoms with Crippen molar-refractivity contribution in [3.63, 3.8) is 0 Å². The molecule has 6 rings (SSSR count). The molecule has 2 aromatic heterocycles. The number of hydrogen-bond acceptors (Lipinski definition) is 11. The Bertz CT molecular complexity index is 1370. The van der Waals surface area contributed by atoms with E-state index < -0.39 is 0 Å². The number of pyridine rings is 1. The zero-order valence-electron chi connectivity index (χ0n) is 23.2. The highest BCUT2D eigenvalue weighted by Crippen LogP contribution is 2.30. The molecule has 3 aromatic rings. The van der Waals surface area contributed by atoms with E-state index in [9.17, 15) is 5.26 Å². The van der Waals surface area contributed by atoms with Crippen LogP contribution in [0.2, 0.25) is 0 Å². The summed E-state index contributed by atoms with van der Waals surface area (Å²) in [6.45, 7) is 9.70. The van der Waals surface area contributed by atoms with Gasteiger partial charge in [0.1, 0.15) is 11.9 Å². The Balaban J connectivity index is 1.08. The first kappa shape index (κ1) is 26.7. The Morgan fingerprint density at radius 1 is 1.00 bits per heavy atom. The molecule has 3 aliphatic heterocycles. The van der Waals surface area contributed by atoms with E-state index in [-0.39, 0.29) is 24.4 Å². The van der Waals surface area contributed by atoms with Gasteiger partial charge in [0.25, 0.3) is 0 Å². The lowest BCUT2D eigenvalue weighted by Gasteiger charge is -2.42. The number of benzene rings is 1. The highest BCUT2D eigenvalue weighted by Gasteiger charge is 2.32. The number of nitrogens with zero attached hydrogens (tertiary/aromatic N) is 8. The molecule has 0 aliphatic carbocycles. The van der Waals surface area contributed by atoms with Crippen LogP contribution in [0.4, 0.5) is 17.5 Å². The van der Waals surface area contributed by atoms with E-state index in [2.05, 4.69) is 54.7 Å². The van der Waals surface area contributed by atoms with Crippen molar-refractivity contribution in [2.24, 2.45) is 5.73 Å². The quantitative estimate of drug-likeness (QED) is 0.487. The van der Waals surface area contributed by atoms with Gasteiger partial charge in [0.05, 0.1) is 35.4 Å². The summed E-state index contributed by atoms with van der Waals surface area (Å²) >= 11 is 0. The van der Waals surface area contributed by atoms with Crippen LogP contribution in [0.25, 0.3) is 10.9 Å². The number of rotatable bonds is 6. The predicted molar refractivity (Wildman–Crippen MR) is 155 cm³/mol. The third-order valence-corrected chi connectivity index (χ3v) is 8.22. The fourth-order valence-electron chi connectivity index (χ4n) is 6.19. The summed E-state index contributed by atoms with van der Waals surface area (Å²) in [7, 11) is 1.70. The number of nitriles is 1. The SMILES string of the molecule is CO[C@H]1CN(c2nccc(N3CCN(C[C@H]4CN(c5ccc(C#N)c6ncccc56)C[C@@H](C)O4)CC3)n2)C[C@@H]1N. The number of fused-ring (bicyclic) bond motifs is 1. The minimum absolute atomic E-state index is 0.00347. The number of piperazine rings is 1. The molecule has 11 nitrogen and oxygen atoms in total. The first-order chi connectivity index (χ1) is 19.5. The minimum atomic E-state index is -0.0336. The van der Waals surface area contributed by atoms with Crippen LogP contribution in [0.3, 0.4) is 0 Å². The van der Waals surface area contributed by atoms with Gasteiger partial charge < -0.3 is 29.9 Å². The smallest absolute Gasteiger partial charge is 0.227 e. The van der Waals surface area contributed by atoms with Gasteiger partial charge in [0.15, 0.2) is 0 Å². The summed E-state index contributed by atoms with van der Waals surface area (Å²) in [5, 5.41) is 10.6. The summed E-state index contributed by atoms with van der Waals surface area (Å²) in [5.41, 5.74) is 8.69. The van der Waals surface area contributed by atoms with Gasteiger partial charge in [-0.05, 0) is 37.3 Å². The maximum Gasteiger partial charge on any atom is 0.227 e. The maximum atomic E-state index is 9.54. The van der Waals surface area contributed by atoms with Crippen molar-refractivity contribution in [1.82, 2.24) is 19.9 Å². The van der Waals surface area contributed by atoms with Crippen LogP contribution in [0, 0.1) is 11.3 Å². The van der Waals surface area contributed by atoms with Gasteiger partial charge in [-0.1, -0.05) is 0 Å². The maximum absolute atomic E-state index is 9.54. The molecule has 0 amide bonds. The van der Waals surface area contributed by atoms with E-state index in [4.69, 9.17) is 20.2 Å². The van der Waals surface area contributed by atoms with Gasteiger partial charge in [0.2, 0.25) is 5.95 Å². The Kier molecular flexibility index (Phi) is 7.67. The van der Waals surface area contributed by atoms with Gasteiger partial charge in [0, 0.05) is 89.5 Å². The van der Waals surface area contributed by atoms with Crippen molar-refractivity contribution in [2.75, 3.05) is 80.7 Å². The molecule has 210 valence electrons. The number of morpholine rings is 1. The molecule has 1 aromatic carbocycles. The van der Waals surface area contributed by atoms with Crippen LogP contribution < -0.4 is 20.4 Å². The molecular weight excluding hydrogens is 506 g/mol. The number of nitrogens with two attached hydrogens (primary N) is 1. The van der Waals surface area contributed by atoms with Crippen LogP contribution in [0.5, 0.6) is 0 Å². The zero-order chi connectivity index (χ0) is 27.6. The summed E-state index contributed by atoms with van der Waals surface area (Å²) < 4.78 is 11.9. The minimum Gasteiger partial charge on any atom is -0.378 e. The molecule has 3 fully saturated rings. The van der Waals surface area contributed by atoms with Gasteiger partial charge in [-0.15, -0.1) is 0 Å². The molecule has 0 bridgehead atoms. The van der Waals surface area contributed by atoms with E-state index in [1.165, 1.54) is 0 Å². The Morgan fingerprint density at radius 2 is 1.85 bits per heavy atom.